The van der Waals surface area contributed by atoms with Gasteiger partial charge in [-0.3, -0.25) is 9.59 Å². The number of benzene rings is 9. The molecule has 84 heavy (non-hydrogen) atoms. The second-order valence-electron chi connectivity index (χ2n) is 18.5. The highest BCUT2D eigenvalue weighted by Gasteiger charge is 2.49. The van der Waals surface area contributed by atoms with Crippen molar-refractivity contribution in [3.8, 4) is 5.75 Å². The Morgan fingerprint density at radius 1 is 0.381 bits per heavy atom. The van der Waals surface area contributed by atoms with Crippen molar-refractivity contribution in [1.29, 1.82) is 0 Å². The van der Waals surface area contributed by atoms with Crippen LogP contribution in [0, 0.1) is 0 Å². The molecule has 0 aliphatic rings. The zero-order valence-electron chi connectivity index (χ0n) is 45.4. The number of carbonyl (C=O) groups is 4. The SMILES string of the molecule is CCOC(=O)c1ccc(C(=O)C[P+](c2ccccc2)(c2ccccc2)c2ccccc2)cc1.CCOC(=O)c1ccc(C(=O)C[P+](c2ccccc2)(c2ccccc2)c2ccccc2)cc1.[O-]B([O-])Oc1cc(C(F)(F)F)cc(C(F)(F)F)c1. The van der Waals surface area contributed by atoms with E-state index >= 15 is 0 Å². The summed E-state index contributed by atoms with van der Waals surface area (Å²) in [6.45, 7) is 4.18. The summed E-state index contributed by atoms with van der Waals surface area (Å²) in [5, 5.41) is 27.2. The maximum Gasteiger partial charge on any atom is 0.416 e. The molecule has 0 bridgehead atoms. The zero-order valence-corrected chi connectivity index (χ0v) is 47.2. The highest BCUT2D eigenvalue weighted by atomic mass is 31.2. The number of carbonyl (C=O) groups excluding carboxylic acids is 4. The third-order valence-corrected chi connectivity index (χ3v) is 21.8. The first-order valence-corrected chi connectivity index (χ1v) is 30.2. The third kappa shape index (κ3) is 16.0. The molecule has 0 aliphatic heterocycles. The van der Waals surface area contributed by atoms with Crippen molar-refractivity contribution in [3.05, 3.63) is 282 Å². The summed E-state index contributed by atoms with van der Waals surface area (Å²) in [6.07, 6.45) is -9.38. The molecule has 0 atom stereocenters. The minimum atomic E-state index is -5.05. The molecule has 0 aliphatic carbocycles. The predicted octanol–water partition coefficient (Wildman–Crippen LogP) is 10.9. The Hall–Kier alpha value is -8.52. The Kier molecular flexibility index (Phi) is 21.9. The molecule has 0 N–H and O–H groups in total. The number of esters is 2. The topological polar surface area (TPSA) is 142 Å². The fourth-order valence-electron chi connectivity index (χ4n) is 9.27. The number of hydrogen-bond donors (Lipinski definition) is 0. The van der Waals surface area contributed by atoms with E-state index < -0.39 is 51.1 Å². The van der Waals surface area contributed by atoms with Gasteiger partial charge in [-0.2, -0.15) is 26.3 Å². The maximum atomic E-state index is 13.7. The molecule has 0 unspecified atom stereocenters. The first-order chi connectivity index (χ1) is 40.3. The van der Waals surface area contributed by atoms with Crippen LogP contribution in [0.4, 0.5) is 26.3 Å². The predicted molar refractivity (Wildman–Crippen MR) is 316 cm³/mol. The lowest BCUT2D eigenvalue weighted by Crippen LogP contribution is -2.50. The number of Topliss-reactive ketones (excluding diaryl/α,β-unsaturated/α-hetero) is 2. The Labute approximate surface area is 484 Å². The van der Waals surface area contributed by atoms with Crippen LogP contribution in [0.15, 0.2) is 249 Å². The van der Waals surface area contributed by atoms with E-state index in [1.165, 1.54) is 31.8 Å². The van der Waals surface area contributed by atoms with Gasteiger partial charge in [0.1, 0.15) is 66.0 Å². The van der Waals surface area contributed by atoms with Crippen LogP contribution < -0.4 is 46.5 Å². The first kappa shape index (κ1) is 63.1. The van der Waals surface area contributed by atoms with Crippen LogP contribution in [-0.2, 0) is 21.8 Å². The van der Waals surface area contributed by atoms with Crippen molar-refractivity contribution in [2.24, 2.45) is 0 Å². The van der Waals surface area contributed by atoms with E-state index in [0.29, 0.717) is 47.8 Å². The van der Waals surface area contributed by atoms with E-state index in [-0.39, 0.29) is 41.7 Å². The van der Waals surface area contributed by atoms with Gasteiger partial charge in [-0.25, -0.2) is 9.59 Å². The van der Waals surface area contributed by atoms with Crippen LogP contribution in [0.5, 0.6) is 5.75 Å². The summed E-state index contributed by atoms with van der Waals surface area (Å²) >= 11 is 0. The molecular weight excluding hydrogens is 1120 g/mol. The molecule has 9 rings (SSSR count). The van der Waals surface area contributed by atoms with Gasteiger partial charge in [-0.15, -0.1) is 0 Å². The highest BCUT2D eigenvalue weighted by Crippen LogP contribution is 2.57. The lowest BCUT2D eigenvalue weighted by atomic mass is 10.1. The van der Waals surface area contributed by atoms with Gasteiger partial charge in [-0.1, -0.05) is 133 Å². The number of ether oxygens (including phenoxy) is 2. The minimum Gasteiger partial charge on any atom is -0.860 e. The molecule has 9 aromatic carbocycles. The molecule has 9 nitrogen and oxygen atoms in total. The summed E-state index contributed by atoms with van der Waals surface area (Å²) in [5.74, 6) is -1.73. The molecule has 0 fully saturated rings. The van der Waals surface area contributed by atoms with Crippen molar-refractivity contribution in [2.45, 2.75) is 26.2 Å². The average Bonchev–Trinajstić information content (AvgIpc) is 2.53. The number of ketones is 2. The normalized spacial score (nSPS) is 11.4. The zero-order chi connectivity index (χ0) is 60.3. The standard InChI is InChI=1S/2C29H26O3P.C8H3BF6O3/c2*1-2-32-29(31)24-20-18-23(19-21-24)28(30)22-33(25-12-6-3-7-13-25,26-14-8-4-9-15-26)27-16-10-5-11-17-27;10-7(11,12)4-1-5(8(13,14)15)3-6(2-4)18-9(16)17/h2*3-21H,2,22H2,1H3;1-3H/q2*+1;-2. The second-order valence-corrected chi connectivity index (χ2v) is 25.5. The maximum absolute atomic E-state index is 13.7. The largest absolute Gasteiger partial charge is 0.860 e. The molecule has 0 saturated heterocycles. The van der Waals surface area contributed by atoms with Gasteiger partial charge in [0.2, 0.25) is 11.6 Å². The summed E-state index contributed by atoms with van der Waals surface area (Å²) in [7, 11) is -7.53. The molecule has 0 saturated carbocycles. The molecule has 0 aromatic heterocycles. The fraction of sp³-hybridized carbons (Fsp3) is 0.121. The molecule has 0 amide bonds. The summed E-state index contributed by atoms with van der Waals surface area (Å²) in [4.78, 5) is 51.4. The summed E-state index contributed by atoms with van der Waals surface area (Å²) in [5.41, 5.74) is -1.24. The van der Waals surface area contributed by atoms with Gasteiger partial charge in [-0.05, 0) is 129 Å². The Morgan fingerprint density at radius 2 is 0.619 bits per heavy atom. The average molecular weight is 1180 g/mol. The number of rotatable bonds is 18. The third-order valence-electron chi connectivity index (χ3n) is 13.2. The van der Waals surface area contributed by atoms with E-state index in [4.69, 9.17) is 9.47 Å². The summed E-state index contributed by atoms with van der Waals surface area (Å²) < 4.78 is 87.7. The van der Waals surface area contributed by atoms with Gasteiger partial charge in [0.15, 0.2) is 0 Å². The molecule has 428 valence electrons. The molecule has 0 spiro atoms. The number of halogens is 6. The smallest absolute Gasteiger partial charge is 0.416 e. The Balaban J connectivity index is 0.000000190. The number of hydrogen-bond acceptors (Lipinski definition) is 9. The Bertz CT molecular complexity index is 3140. The summed E-state index contributed by atoms with van der Waals surface area (Å²) in [6, 6.07) is 75.7. The molecule has 0 heterocycles. The van der Waals surface area contributed by atoms with Crippen LogP contribution in [0.25, 0.3) is 0 Å². The van der Waals surface area contributed by atoms with Gasteiger partial charge < -0.3 is 24.2 Å². The van der Waals surface area contributed by atoms with Crippen molar-refractivity contribution in [2.75, 3.05) is 25.5 Å². The second kappa shape index (κ2) is 29.1. The van der Waals surface area contributed by atoms with Crippen molar-refractivity contribution >= 4 is 77.2 Å². The van der Waals surface area contributed by atoms with E-state index in [2.05, 4.69) is 77.5 Å². The Morgan fingerprint density at radius 3 is 0.833 bits per heavy atom. The van der Waals surface area contributed by atoms with Crippen LogP contribution in [-0.4, -0.2) is 56.4 Å². The van der Waals surface area contributed by atoms with Crippen LogP contribution >= 0.6 is 14.5 Å². The van der Waals surface area contributed by atoms with E-state index in [1.807, 2.05) is 109 Å². The van der Waals surface area contributed by atoms with Crippen LogP contribution in [0.2, 0.25) is 0 Å². The van der Waals surface area contributed by atoms with E-state index in [9.17, 15) is 55.6 Å². The highest BCUT2D eigenvalue weighted by molar-refractivity contribution is 7.96. The number of alkyl halides is 6. The quantitative estimate of drug-likeness (QED) is 0.0270. The van der Waals surface area contributed by atoms with E-state index in [0.717, 1.165) is 0 Å². The lowest BCUT2D eigenvalue weighted by Gasteiger charge is -2.27. The van der Waals surface area contributed by atoms with Gasteiger partial charge in [0.05, 0.1) is 41.2 Å². The molecule has 9 aromatic rings. The van der Waals surface area contributed by atoms with Gasteiger partial charge in [0.25, 0.3) is 0 Å². The lowest BCUT2D eigenvalue weighted by molar-refractivity contribution is -0.372. The van der Waals surface area contributed by atoms with Crippen LogP contribution in [0.3, 0.4) is 0 Å². The fourth-order valence-corrected chi connectivity index (χ4v) is 17.5. The molecule has 18 heteroatoms. The van der Waals surface area contributed by atoms with Gasteiger partial charge in [0, 0.05) is 11.1 Å². The van der Waals surface area contributed by atoms with Crippen molar-refractivity contribution < 1.29 is 69.7 Å². The van der Waals surface area contributed by atoms with Crippen molar-refractivity contribution in [3.63, 3.8) is 0 Å². The monoisotopic (exact) mass is 1180 g/mol. The van der Waals surface area contributed by atoms with Crippen molar-refractivity contribution in [1.82, 2.24) is 0 Å². The van der Waals surface area contributed by atoms with Gasteiger partial charge >= 0.3 is 24.3 Å². The molecular formula is C66H55BF6O9P2. The van der Waals surface area contributed by atoms with E-state index in [1.54, 1.807) is 62.4 Å². The molecule has 0 radical (unpaired) electrons. The minimum absolute atomic E-state index is 0.0512. The van der Waals surface area contributed by atoms with Crippen LogP contribution in [0.1, 0.15) is 66.4 Å². The first-order valence-electron chi connectivity index (χ1n) is 26.3.